The van der Waals surface area contributed by atoms with Crippen LogP contribution in [0.25, 0.3) is 0 Å². The van der Waals surface area contributed by atoms with Crippen LogP contribution in [0.1, 0.15) is 83.5 Å². The summed E-state index contributed by atoms with van der Waals surface area (Å²) >= 11 is 0. The fourth-order valence-corrected chi connectivity index (χ4v) is 4.68. The molecule has 3 fully saturated rings. The van der Waals surface area contributed by atoms with E-state index in [4.69, 9.17) is 14.9 Å². The SMILES string of the molecule is O=C1CCCCCO1.O=C=NC1CCC(CC2CCC(N=C=O)CC2)CC1.OCCOCCO. The van der Waals surface area contributed by atoms with Gasteiger partial charge in [-0.3, -0.25) is 4.79 Å². The van der Waals surface area contributed by atoms with Crippen LogP contribution in [0.3, 0.4) is 0 Å². The van der Waals surface area contributed by atoms with Crippen molar-refractivity contribution in [3.8, 4) is 0 Å². The minimum atomic E-state index is -0.0255. The average Bonchev–Trinajstić information content (AvgIpc) is 3.11. The van der Waals surface area contributed by atoms with Crippen molar-refractivity contribution in [3.63, 3.8) is 0 Å². The van der Waals surface area contributed by atoms with Gasteiger partial charge in [0.05, 0.1) is 45.1 Å². The van der Waals surface area contributed by atoms with Gasteiger partial charge < -0.3 is 19.7 Å². The number of carbonyl (C=O) groups excluding carboxylic acids is 3. The smallest absolute Gasteiger partial charge is 0.305 e. The highest BCUT2D eigenvalue weighted by Gasteiger charge is 2.26. The lowest BCUT2D eigenvalue weighted by Gasteiger charge is -2.31. The molecule has 2 N–H and O–H groups in total. The number of aliphatic hydroxyl groups is 2. The molecule has 1 aliphatic heterocycles. The maximum Gasteiger partial charge on any atom is 0.305 e. The van der Waals surface area contributed by atoms with Gasteiger partial charge in [-0.05, 0) is 88.9 Å². The zero-order valence-corrected chi connectivity index (χ0v) is 20.4. The van der Waals surface area contributed by atoms with E-state index in [0.29, 0.717) is 26.2 Å². The maximum atomic E-state index is 10.5. The predicted molar refractivity (Wildman–Crippen MR) is 127 cm³/mol. The van der Waals surface area contributed by atoms with E-state index in [9.17, 15) is 14.4 Å². The third kappa shape index (κ3) is 15.1. The van der Waals surface area contributed by atoms with Crippen molar-refractivity contribution < 1.29 is 34.1 Å². The van der Waals surface area contributed by atoms with E-state index in [1.165, 1.54) is 32.1 Å². The van der Waals surface area contributed by atoms with E-state index in [1.807, 2.05) is 0 Å². The molecule has 0 spiro atoms. The molecule has 1 saturated heterocycles. The highest BCUT2D eigenvalue weighted by atomic mass is 16.5. The van der Waals surface area contributed by atoms with E-state index in [-0.39, 0.29) is 31.3 Å². The first-order valence-corrected chi connectivity index (χ1v) is 12.7. The molecule has 0 bridgehead atoms. The standard InChI is InChI=1S/C15H22N2O2.C6H10O2.C4H10O3/c18-10-16-14-5-1-12(2-6-14)9-13-3-7-15(8-4-13)17-11-19;7-6-4-2-1-3-5-8-6;5-1-3-7-4-2-6/h12-15H,1-9H2;1-5H2;5-6H,1-4H2. The summed E-state index contributed by atoms with van der Waals surface area (Å²) in [6, 6.07) is 0.456. The van der Waals surface area contributed by atoms with Gasteiger partial charge in [-0.25, -0.2) is 19.6 Å². The lowest BCUT2D eigenvalue weighted by Crippen LogP contribution is -2.23. The van der Waals surface area contributed by atoms with Gasteiger partial charge in [-0.15, -0.1) is 0 Å². The second kappa shape index (κ2) is 20.5. The average molecular weight is 483 g/mol. The Morgan fingerprint density at radius 3 is 1.74 bits per heavy atom. The molecule has 3 aliphatic rings. The Hall–Kier alpha value is -1.89. The van der Waals surface area contributed by atoms with E-state index < -0.39 is 0 Å². The highest BCUT2D eigenvalue weighted by molar-refractivity contribution is 5.69. The van der Waals surface area contributed by atoms with Crippen molar-refractivity contribution in [2.24, 2.45) is 21.8 Å². The summed E-state index contributed by atoms with van der Waals surface area (Å²) in [5.41, 5.74) is 0. The van der Waals surface area contributed by atoms with Crippen molar-refractivity contribution in [2.45, 2.75) is 95.6 Å². The lowest BCUT2D eigenvalue weighted by molar-refractivity contribution is -0.142. The molecule has 0 unspecified atom stereocenters. The Morgan fingerprint density at radius 2 is 1.29 bits per heavy atom. The number of hydrogen-bond donors (Lipinski definition) is 2. The zero-order chi connectivity index (χ0) is 24.9. The van der Waals surface area contributed by atoms with Crippen molar-refractivity contribution in [3.05, 3.63) is 0 Å². The van der Waals surface area contributed by atoms with Gasteiger partial charge in [0, 0.05) is 6.42 Å². The third-order valence-electron chi connectivity index (χ3n) is 6.53. The van der Waals surface area contributed by atoms with Gasteiger partial charge in [0.2, 0.25) is 12.2 Å². The monoisotopic (exact) mass is 482 g/mol. The number of carbonyl (C=O) groups is 1. The fraction of sp³-hybridized carbons (Fsp3) is 0.880. The van der Waals surface area contributed by atoms with Gasteiger partial charge >= 0.3 is 5.97 Å². The Morgan fingerprint density at radius 1 is 0.794 bits per heavy atom. The van der Waals surface area contributed by atoms with Gasteiger partial charge in [0.25, 0.3) is 0 Å². The van der Waals surface area contributed by atoms with Crippen LogP contribution in [0.15, 0.2) is 9.98 Å². The van der Waals surface area contributed by atoms with Gasteiger partial charge in [0.15, 0.2) is 0 Å². The summed E-state index contributed by atoms with van der Waals surface area (Å²) in [4.78, 5) is 38.6. The topological polar surface area (TPSA) is 135 Å². The molecule has 2 aliphatic carbocycles. The largest absolute Gasteiger partial charge is 0.466 e. The van der Waals surface area contributed by atoms with Crippen LogP contribution in [-0.4, -0.2) is 73.5 Å². The Bertz CT molecular complexity index is 567. The van der Waals surface area contributed by atoms with Crippen LogP contribution < -0.4 is 0 Å². The van der Waals surface area contributed by atoms with E-state index in [1.54, 1.807) is 12.2 Å². The Kier molecular flexibility index (Phi) is 18.2. The second-order valence-corrected chi connectivity index (χ2v) is 9.12. The molecule has 9 nitrogen and oxygen atoms in total. The Labute approximate surface area is 203 Å². The van der Waals surface area contributed by atoms with Crippen molar-refractivity contribution in [1.82, 2.24) is 0 Å². The summed E-state index contributed by atoms with van der Waals surface area (Å²) < 4.78 is 9.40. The molecule has 0 radical (unpaired) electrons. The molecule has 0 amide bonds. The third-order valence-corrected chi connectivity index (χ3v) is 6.53. The zero-order valence-electron chi connectivity index (χ0n) is 20.4. The van der Waals surface area contributed by atoms with Crippen LogP contribution in [0.2, 0.25) is 0 Å². The van der Waals surface area contributed by atoms with Crippen LogP contribution in [-0.2, 0) is 23.9 Å². The van der Waals surface area contributed by atoms with E-state index >= 15 is 0 Å². The number of cyclic esters (lactones) is 1. The van der Waals surface area contributed by atoms with Crippen LogP contribution in [0, 0.1) is 11.8 Å². The molecule has 1 heterocycles. The molecule has 0 atom stereocenters. The number of rotatable bonds is 8. The molecular formula is C25H42N2O7. The molecule has 2 saturated carbocycles. The minimum absolute atomic E-state index is 0.0255. The predicted octanol–water partition coefficient (Wildman–Crippen LogP) is 3.26. The number of isocyanates is 2. The molecule has 9 heteroatoms. The number of aliphatic hydroxyl groups excluding tert-OH is 2. The van der Waals surface area contributed by atoms with Crippen molar-refractivity contribution >= 4 is 18.1 Å². The summed E-state index contributed by atoms with van der Waals surface area (Å²) in [7, 11) is 0. The van der Waals surface area contributed by atoms with Crippen LogP contribution in [0.5, 0.6) is 0 Å². The lowest BCUT2D eigenvalue weighted by atomic mass is 9.76. The normalized spacial score (nSPS) is 26.6. The number of hydrogen-bond acceptors (Lipinski definition) is 9. The van der Waals surface area contributed by atoms with Gasteiger partial charge in [-0.1, -0.05) is 0 Å². The molecule has 0 aromatic carbocycles. The van der Waals surface area contributed by atoms with E-state index in [2.05, 4.69) is 14.7 Å². The van der Waals surface area contributed by atoms with Crippen LogP contribution in [0.4, 0.5) is 0 Å². The van der Waals surface area contributed by atoms with Gasteiger partial charge in [0.1, 0.15) is 0 Å². The summed E-state index contributed by atoms with van der Waals surface area (Å²) in [6.07, 6.45) is 17.5. The summed E-state index contributed by atoms with van der Waals surface area (Å²) in [5.74, 6) is 1.57. The second-order valence-electron chi connectivity index (χ2n) is 9.12. The van der Waals surface area contributed by atoms with Crippen molar-refractivity contribution in [2.75, 3.05) is 33.0 Å². The van der Waals surface area contributed by atoms with Gasteiger partial charge in [-0.2, -0.15) is 0 Å². The molecule has 3 rings (SSSR count). The number of nitrogens with zero attached hydrogens (tertiary/aromatic N) is 2. The Balaban J connectivity index is 0.000000317. The highest BCUT2D eigenvalue weighted by Crippen LogP contribution is 2.36. The summed E-state index contributed by atoms with van der Waals surface area (Å²) in [6.45, 7) is 1.33. The first-order chi connectivity index (χ1) is 16.6. The van der Waals surface area contributed by atoms with E-state index in [0.717, 1.165) is 56.8 Å². The first kappa shape index (κ1) is 30.1. The molecule has 0 aromatic heterocycles. The number of aliphatic imine (C=N–C) groups is 2. The first-order valence-electron chi connectivity index (χ1n) is 12.7. The molecule has 194 valence electrons. The number of esters is 1. The molecule has 0 aromatic rings. The molecule has 34 heavy (non-hydrogen) atoms. The quantitative estimate of drug-likeness (QED) is 0.235. The maximum absolute atomic E-state index is 10.5. The van der Waals surface area contributed by atoms with Crippen LogP contribution >= 0.6 is 0 Å². The minimum Gasteiger partial charge on any atom is -0.466 e. The molecular weight excluding hydrogens is 440 g/mol. The summed E-state index contributed by atoms with van der Waals surface area (Å²) in [5, 5.41) is 16.2. The number of ether oxygens (including phenoxy) is 2. The van der Waals surface area contributed by atoms with Crippen molar-refractivity contribution in [1.29, 1.82) is 0 Å². The fourth-order valence-electron chi connectivity index (χ4n) is 4.68.